The van der Waals surface area contributed by atoms with E-state index < -0.39 is 12.0 Å². The number of carbonyl (C=O) groups excluding carboxylic acids is 1. The minimum Gasteiger partial charge on any atom is -0.480 e. The second-order valence-electron chi connectivity index (χ2n) is 3.37. The third kappa shape index (κ3) is 3.72. The van der Waals surface area contributed by atoms with E-state index in [9.17, 15) is 9.59 Å². The van der Waals surface area contributed by atoms with Crippen LogP contribution < -0.4 is 16.4 Å². The van der Waals surface area contributed by atoms with E-state index >= 15 is 0 Å². The molecule has 0 spiro atoms. The van der Waals surface area contributed by atoms with E-state index in [0.717, 1.165) is 13.1 Å². The number of hydrogen-bond acceptors (Lipinski definition) is 4. The van der Waals surface area contributed by atoms with Crippen molar-refractivity contribution in [2.24, 2.45) is 5.73 Å². The Morgan fingerprint density at radius 1 is 1.47 bits per heavy atom. The number of rotatable bonds is 3. The topological polar surface area (TPSA) is 108 Å². The van der Waals surface area contributed by atoms with Gasteiger partial charge in [-0.3, -0.25) is 4.79 Å². The Kier molecular flexibility index (Phi) is 4.32. The largest absolute Gasteiger partial charge is 0.480 e. The van der Waals surface area contributed by atoms with E-state index in [1.165, 1.54) is 0 Å². The fourth-order valence-corrected chi connectivity index (χ4v) is 1.26. The lowest BCUT2D eigenvalue weighted by atomic mass is 10.3. The van der Waals surface area contributed by atoms with Crippen molar-refractivity contribution in [3.63, 3.8) is 0 Å². The van der Waals surface area contributed by atoms with E-state index in [2.05, 4.69) is 10.6 Å². The molecule has 1 saturated heterocycles. The third-order valence-electron chi connectivity index (χ3n) is 2.19. The molecular weight excluding hydrogens is 200 g/mol. The monoisotopic (exact) mass is 216 g/mol. The Bertz CT molecular complexity index is 240. The molecule has 7 heteroatoms. The summed E-state index contributed by atoms with van der Waals surface area (Å²) in [6, 6.07) is -1.30. The van der Waals surface area contributed by atoms with Crippen LogP contribution in [0.5, 0.6) is 0 Å². The van der Waals surface area contributed by atoms with Crippen molar-refractivity contribution in [3.05, 3.63) is 0 Å². The van der Waals surface area contributed by atoms with Crippen molar-refractivity contribution in [1.29, 1.82) is 0 Å². The molecule has 5 N–H and O–H groups in total. The number of aliphatic carboxylic acids is 1. The fraction of sp³-hybridized carbons (Fsp3) is 0.750. The zero-order chi connectivity index (χ0) is 11.3. The molecule has 0 aliphatic carbocycles. The number of nitrogens with one attached hydrogen (secondary N) is 2. The molecule has 0 saturated carbocycles. The summed E-state index contributed by atoms with van der Waals surface area (Å²) in [6.07, 6.45) is 0. The highest BCUT2D eigenvalue weighted by molar-refractivity contribution is 5.77. The summed E-state index contributed by atoms with van der Waals surface area (Å²) in [7, 11) is 0. The second kappa shape index (κ2) is 5.52. The first-order valence-corrected chi connectivity index (χ1v) is 4.83. The van der Waals surface area contributed by atoms with Gasteiger partial charge in [0.15, 0.2) is 0 Å². The Labute approximate surface area is 87.6 Å². The summed E-state index contributed by atoms with van der Waals surface area (Å²) in [5.41, 5.74) is 5.25. The molecule has 1 atom stereocenters. The maximum Gasteiger partial charge on any atom is 0.322 e. The van der Waals surface area contributed by atoms with Gasteiger partial charge in [0.2, 0.25) is 0 Å². The van der Waals surface area contributed by atoms with Gasteiger partial charge in [0, 0.05) is 32.7 Å². The molecule has 2 amide bonds. The number of carboxylic acid groups (broad SMARTS) is 1. The lowest BCUT2D eigenvalue weighted by molar-refractivity contribution is -0.138. The van der Waals surface area contributed by atoms with Crippen LogP contribution in [0, 0.1) is 0 Å². The Morgan fingerprint density at radius 2 is 2.07 bits per heavy atom. The Morgan fingerprint density at radius 3 is 2.60 bits per heavy atom. The van der Waals surface area contributed by atoms with Crippen molar-refractivity contribution in [1.82, 2.24) is 15.5 Å². The summed E-state index contributed by atoms with van der Waals surface area (Å²) in [4.78, 5) is 23.5. The molecule has 0 aromatic rings. The Hall–Kier alpha value is -1.34. The van der Waals surface area contributed by atoms with Gasteiger partial charge in [-0.1, -0.05) is 0 Å². The van der Waals surface area contributed by atoms with Crippen molar-refractivity contribution in [2.45, 2.75) is 6.04 Å². The molecule has 0 aromatic heterocycles. The van der Waals surface area contributed by atoms with Crippen LogP contribution >= 0.6 is 0 Å². The van der Waals surface area contributed by atoms with Gasteiger partial charge < -0.3 is 26.4 Å². The normalized spacial score (nSPS) is 18.3. The van der Waals surface area contributed by atoms with Crippen molar-refractivity contribution in [3.8, 4) is 0 Å². The minimum atomic E-state index is -1.12. The predicted molar refractivity (Wildman–Crippen MR) is 53.5 cm³/mol. The Balaban J connectivity index is 2.25. The van der Waals surface area contributed by atoms with Crippen LogP contribution in [0.15, 0.2) is 0 Å². The average molecular weight is 216 g/mol. The highest BCUT2D eigenvalue weighted by Gasteiger charge is 2.18. The van der Waals surface area contributed by atoms with Gasteiger partial charge >= 0.3 is 12.0 Å². The van der Waals surface area contributed by atoms with Gasteiger partial charge in [-0.05, 0) is 0 Å². The summed E-state index contributed by atoms with van der Waals surface area (Å²) >= 11 is 0. The number of carbonyl (C=O) groups is 2. The van der Waals surface area contributed by atoms with Crippen molar-refractivity contribution < 1.29 is 14.7 Å². The van der Waals surface area contributed by atoms with E-state index in [0.29, 0.717) is 13.1 Å². The number of carboxylic acids is 1. The van der Waals surface area contributed by atoms with Gasteiger partial charge in [0.1, 0.15) is 6.04 Å². The first-order chi connectivity index (χ1) is 7.11. The van der Waals surface area contributed by atoms with Gasteiger partial charge in [0.05, 0.1) is 0 Å². The summed E-state index contributed by atoms with van der Waals surface area (Å²) < 4.78 is 0. The van der Waals surface area contributed by atoms with Gasteiger partial charge in [-0.2, -0.15) is 0 Å². The minimum absolute atomic E-state index is 0.0436. The zero-order valence-corrected chi connectivity index (χ0v) is 8.40. The van der Waals surface area contributed by atoms with Crippen LogP contribution in [-0.4, -0.2) is 60.8 Å². The lowest BCUT2D eigenvalue weighted by Gasteiger charge is -2.27. The molecule has 0 bridgehead atoms. The summed E-state index contributed by atoms with van der Waals surface area (Å²) in [6.45, 7) is 2.75. The quantitative estimate of drug-likeness (QED) is 0.437. The first kappa shape index (κ1) is 11.7. The highest BCUT2D eigenvalue weighted by atomic mass is 16.4. The molecular formula is C8H16N4O3. The van der Waals surface area contributed by atoms with Crippen molar-refractivity contribution in [2.75, 3.05) is 32.7 Å². The number of nitrogens with two attached hydrogens (primary N) is 1. The molecule has 1 heterocycles. The first-order valence-electron chi connectivity index (χ1n) is 4.83. The fourth-order valence-electron chi connectivity index (χ4n) is 1.26. The van der Waals surface area contributed by atoms with Crippen LogP contribution in [0.2, 0.25) is 0 Å². The molecule has 1 aliphatic heterocycles. The summed E-state index contributed by atoms with van der Waals surface area (Å²) in [5.74, 6) is -1.12. The maximum absolute atomic E-state index is 11.5. The average Bonchev–Trinajstić information content (AvgIpc) is 2.26. The summed E-state index contributed by atoms with van der Waals surface area (Å²) in [5, 5.41) is 14.1. The van der Waals surface area contributed by atoms with E-state index in [-0.39, 0.29) is 12.6 Å². The van der Waals surface area contributed by atoms with Gasteiger partial charge in [0.25, 0.3) is 0 Å². The standard InChI is InChI=1S/C8H16N4O3/c9-6(7(13)14)5-11-8(15)12-3-1-10-2-4-12/h6,10H,1-5,9H2,(H,11,15)(H,13,14). The highest BCUT2D eigenvalue weighted by Crippen LogP contribution is 1.92. The number of piperazine rings is 1. The smallest absolute Gasteiger partial charge is 0.322 e. The zero-order valence-electron chi connectivity index (χ0n) is 8.40. The van der Waals surface area contributed by atoms with Crippen LogP contribution in [0.3, 0.4) is 0 Å². The van der Waals surface area contributed by atoms with E-state index in [4.69, 9.17) is 10.8 Å². The van der Waals surface area contributed by atoms with E-state index in [1.807, 2.05) is 0 Å². The lowest BCUT2D eigenvalue weighted by Crippen LogP contribution is -2.52. The van der Waals surface area contributed by atoms with Crippen LogP contribution in [0.25, 0.3) is 0 Å². The third-order valence-corrected chi connectivity index (χ3v) is 2.19. The molecule has 1 aliphatic rings. The second-order valence-corrected chi connectivity index (χ2v) is 3.37. The SMILES string of the molecule is NC(CNC(=O)N1CCNCC1)C(=O)O. The molecule has 0 aromatic carbocycles. The van der Waals surface area contributed by atoms with Crippen LogP contribution in [0.1, 0.15) is 0 Å². The van der Waals surface area contributed by atoms with Crippen molar-refractivity contribution >= 4 is 12.0 Å². The molecule has 0 radical (unpaired) electrons. The van der Waals surface area contributed by atoms with Crippen LogP contribution in [0.4, 0.5) is 4.79 Å². The molecule has 1 fully saturated rings. The molecule has 1 unspecified atom stereocenters. The molecule has 7 nitrogen and oxygen atoms in total. The number of nitrogens with zero attached hydrogens (tertiary/aromatic N) is 1. The maximum atomic E-state index is 11.5. The van der Waals surface area contributed by atoms with Gasteiger partial charge in [-0.25, -0.2) is 4.79 Å². The van der Waals surface area contributed by atoms with E-state index in [1.54, 1.807) is 4.90 Å². The number of hydrogen-bond donors (Lipinski definition) is 4. The van der Waals surface area contributed by atoms with Crippen LogP contribution in [-0.2, 0) is 4.79 Å². The number of amides is 2. The molecule has 1 rings (SSSR count). The molecule has 86 valence electrons. The van der Waals surface area contributed by atoms with Gasteiger partial charge in [-0.15, -0.1) is 0 Å². The number of urea groups is 1. The predicted octanol–water partition coefficient (Wildman–Crippen LogP) is -1.99. The molecule has 15 heavy (non-hydrogen) atoms.